The zero-order valence-electron chi connectivity index (χ0n) is 8.85. The molecule has 0 amide bonds. The standard InChI is InChI=1S/C10H14FNO3S/c1-8(6-13)12-16(14,15)7-9-2-4-10(11)5-3-9/h2-5,8,12-13H,6-7H2,1H3/t8-/m0/s1. The molecule has 2 N–H and O–H groups in total. The van der Waals surface area contributed by atoms with Crippen molar-refractivity contribution in [2.75, 3.05) is 6.61 Å². The van der Waals surface area contributed by atoms with Gasteiger partial charge in [0.1, 0.15) is 5.82 Å². The van der Waals surface area contributed by atoms with Gasteiger partial charge in [-0.15, -0.1) is 0 Å². The van der Waals surface area contributed by atoms with E-state index < -0.39 is 21.9 Å². The third kappa shape index (κ3) is 4.26. The number of nitrogens with one attached hydrogen (secondary N) is 1. The van der Waals surface area contributed by atoms with E-state index in [0.29, 0.717) is 5.56 Å². The highest BCUT2D eigenvalue weighted by molar-refractivity contribution is 7.88. The number of aliphatic hydroxyl groups is 1. The lowest BCUT2D eigenvalue weighted by molar-refractivity contribution is 0.265. The van der Waals surface area contributed by atoms with Crippen LogP contribution in [0.3, 0.4) is 0 Å². The molecule has 0 radical (unpaired) electrons. The van der Waals surface area contributed by atoms with Gasteiger partial charge >= 0.3 is 0 Å². The average molecular weight is 247 g/mol. The van der Waals surface area contributed by atoms with Crippen LogP contribution in [0.15, 0.2) is 24.3 Å². The summed E-state index contributed by atoms with van der Waals surface area (Å²) in [5, 5.41) is 8.72. The lowest BCUT2D eigenvalue weighted by atomic mass is 10.2. The van der Waals surface area contributed by atoms with Crippen molar-refractivity contribution in [3.63, 3.8) is 0 Å². The van der Waals surface area contributed by atoms with Crippen LogP contribution in [0.5, 0.6) is 0 Å². The normalized spacial score (nSPS) is 13.7. The number of halogens is 1. The molecule has 0 aliphatic rings. The summed E-state index contributed by atoms with van der Waals surface area (Å²) in [7, 11) is -3.49. The Kier molecular flexibility index (Phi) is 4.40. The first-order chi connectivity index (χ1) is 7.43. The fourth-order valence-electron chi connectivity index (χ4n) is 1.19. The number of hydrogen-bond donors (Lipinski definition) is 2. The van der Waals surface area contributed by atoms with Gasteiger partial charge < -0.3 is 5.11 Å². The predicted octanol–water partition coefficient (Wildman–Crippen LogP) is 0.626. The van der Waals surface area contributed by atoms with Crippen molar-refractivity contribution in [2.24, 2.45) is 0 Å². The molecule has 0 unspecified atom stereocenters. The van der Waals surface area contributed by atoms with Crippen LogP contribution in [0.25, 0.3) is 0 Å². The van der Waals surface area contributed by atoms with Crippen molar-refractivity contribution < 1.29 is 17.9 Å². The highest BCUT2D eigenvalue weighted by Gasteiger charge is 2.14. The summed E-state index contributed by atoms with van der Waals surface area (Å²) in [5.41, 5.74) is 0.499. The first kappa shape index (κ1) is 13.1. The molecular formula is C10H14FNO3S. The van der Waals surface area contributed by atoms with Crippen LogP contribution in [-0.4, -0.2) is 26.2 Å². The van der Waals surface area contributed by atoms with Crippen molar-refractivity contribution in [3.05, 3.63) is 35.6 Å². The van der Waals surface area contributed by atoms with E-state index in [0.717, 1.165) is 0 Å². The Morgan fingerprint density at radius 1 is 1.38 bits per heavy atom. The summed E-state index contributed by atoms with van der Waals surface area (Å²) >= 11 is 0. The minimum atomic E-state index is -3.49. The smallest absolute Gasteiger partial charge is 0.216 e. The van der Waals surface area contributed by atoms with Gasteiger partial charge in [-0.3, -0.25) is 0 Å². The zero-order chi connectivity index (χ0) is 12.2. The first-order valence-corrected chi connectivity index (χ1v) is 6.43. The molecule has 6 heteroatoms. The summed E-state index contributed by atoms with van der Waals surface area (Å²) in [6, 6.07) is 4.72. The molecule has 0 aliphatic heterocycles. The third-order valence-corrected chi connectivity index (χ3v) is 3.40. The molecule has 1 rings (SSSR count). The molecule has 0 saturated heterocycles. The second kappa shape index (κ2) is 5.38. The number of hydrogen-bond acceptors (Lipinski definition) is 3. The minimum absolute atomic E-state index is 0.225. The molecule has 0 aromatic heterocycles. The molecule has 90 valence electrons. The number of rotatable bonds is 5. The number of benzene rings is 1. The van der Waals surface area contributed by atoms with Crippen molar-refractivity contribution in [3.8, 4) is 0 Å². The summed E-state index contributed by atoms with van der Waals surface area (Å²) in [6.07, 6.45) is 0. The van der Waals surface area contributed by atoms with Crippen LogP contribution in [0.4, 0.5) is 4.39 Å². The summed E-state index contributed by atoms with van der Waals surface area (Å²) < 4.78 is 38.0. The van der Waals surface area contributed by atoms with Gasteiger partial charge in [-0.1, -0.05) is 12.1 Å². The Hall–Kier alpha value is -0.980. The lowest BCUT2D eigenvalue weighted by Crippen LogP contribution is -2.35. The first-order valence-electron chi connectivity index (χ1n) is 4.78. The predicted molar refractivity (Wildman–Crippen MR) is 58.7 cm³/mol. The van der Waals surface area contributed by atoms with Crippen molar-refractivity contribution in [1.82, 2.24) is 4.72 Å². The van der Waals surface area contributed by atoms with Crippen molar-refractivity contribution in [2.45, 2.75) is 18.7 Å². The van der Waals surface area contributed by atoms with Gasteiger partial charge in [-0.05, 0) is 24.6 Å². The molecule has 16 heavy (non-hydrogen) atoms. The van der Waals surface area contributed by atoms with Gasteiger partial charge in [0.2, 0.25) is 10.0 Å². The van der Waals surface area contributed by atoms with Crippen molar-refractivity contribution in [1.29, 1.82) is 0 Å². The highest BCUT2D eigenvalue weighted by atomic mass is 32.2. The Labute approximate surface area is 94.2 Å². The van der Waals surface area contributed by atoms with Crippen LogP contribution in [0.1, 0.15) is 12.5 Å². The van der Waals surface area contributed by atoms with Crippen LogP contribution in [-0.2, 0) is 15.8 Å². The second-order valence-electron chi connectivity index (χ2n) is 3.59. The Morgan fingerprint density at radius 2 is 1.94 bits per heavy atom. The molecule has 0 fully saturated rings. The van der Waals surface area contributed by atoms with E-state index in [4.69, 9.17) is 5.11 Å². The van der Waals surface area contributed by atoms with Crippen LogP contribution in [0.2, 0.25) is 0 Å². The summed E-state index contributed by atoms with van der Waals surface area (Å²) in [4.78, 5) is 0. The fourth-order valence-corrected chi connectivity index (χ4v) is 2.59. The Balaban J connectivity index is 2.69. The van der Waals surface area contributed by atoms with Gasteiger partial charge in [-0.25, -0.2) is 17.5 Å². The van der Waals surface area contributed by atoms with Gasteiger partial charge in [-0.2, -0.15) is 0 Å². The van der Waals surface area contributed by atoms with E-state index in [2.05, 4.69) is 4.72 Å². The maximum atomic E-state index is 12.6. The monoisotopic (exact) mass is 247 g/mol. The van der Waals surface area contributed by atoms with Gasteiger partial charge in [0, 0.05) is 6.04 Å². The van der Waals surface area contributed by atoms with Crippen molar-refractivity contribution >= 4 is 10.0 Å². The van der Waals surface area contributed by atoms with Crippen LogP contribution in [0, 0.1) is 5.82 Å². The Bertz CT molecular complexity index is 430. The van der Waals surface area contributed by atoms with E-state index in [1.54, 1.807) is 6.92 Å². The molecule has 0 bridgehead atoms. The molecule has 4 nitrogen and oxygen atoms in total. The second-order valence-corrected chi connectivity index (χ2v) is 5.34. The number of aliphatic hydroxyl groups excluding tert-OH is 1. The molecule has 1 atom stereocenters. The molecule has 0 heterocycles. The topological polar surface area (TPSA) is 66.4 Å². The van der Waals surface area contributed by atoms with E-state index in [9.17, 15) is 12.8 Å². The average Bonchev–Trinajstić information content (AvgIpc) is 2.20. The highest BCUT2D eigenvalue weighted by Crippen LogP contribution is 2.07. The zero-order valence-corrected chi connectivity index (χ0v) is 9.67. The third-order valence-electron chi connectivity index (χ3n) is 1.92. The molecule has 0 aliphatic carbocycles. The lowest BCUT2D eigenvalue weighted by Gasteiger charge is -2.11. The van der Waals surface area contributed by atoms with E-state index in [1.807, 2.05) is 0 Å². The summed E-state index contributed by atoms with van der Waals surface area (Å²) in [5.74, 6) is -0.629. The quantitative estimate of drug-likeness (QED) is 0.802. The molecule has 0 spiro atoms. The van der Waals surface area contributed by atoms with Crippen LogP contribution < -0.4 is 4.72 Å². The van der Waals surface area contributed by atoms with Crippen LogP contribution >= 0.6 is 0 Å². The summed E-state index contributed by atoms with van der Waals surface area (Å²) in [6.45, 7) is 1.30. The maximum absolute atomic E-state index is 12.6. The molecule has 1 aromatic rings. The van der Waals surface area contributed by atoms with E-state index in [-0.39, 0.29) is 12.4 Å². The van der Waals surface area contributed by atoms with E-state index in [1.165, 1.54) is 24.3 Å². The fraction of sp³-hybridized carbons (Fsp3) is 0.400. The maximum Gasteiger partial charge on any atom is 0.216 e. The molecular weight excluding hydrogens is 233 g/mol. The largest absolute Gasteiger partial charge is 0.395 e. The molecule has 1 aromatic carbocycles. The van der Waals surface area contributed by atoms with Gasteiger partial charge in [0.15, 0.2) is 0 Å². The molecule has 0 saturated carbocycles. The van der Waals surface area contributed by atoms with E-state index >= 15 is 0 Å². The minimum Gasteiger partial charge on any atom is -0.395 e. The van der Waals surface area contributed by atoms with Gasteiger partial charge in [0.25, 0.3) is 0 Å². The SMILES string of the molecule is C[C@@H](CO)NS(=O)(=O)Cc1ccc(F)cc1. The Morgan fingerprint density at radius 3 is 2.44 bits per heavy atom. The number of sulfonamides is 1. The van der Waals surface area contributed by atoms with Gasteiger partial charge in [0.05, 0.1) is 12.4 Å².